The number of nitrogens with zero attached hydrogens (tertiary/aromatic N) is 1. The summed E-state index contributed by atoms with van der Waals surface area (Å²) in [5.41, 5.74) is 0.384. The van der Waals surface area contributed by atoms with Crippen LogP contribution in [0.15, 0.2) is 16.6 Å². The molecule has 3 saturated carbocycles. The quantitative estimate of drug-likeness (QED) is 0.547. The number of carbonyl (C=O) groups is 2. The summed E-state index contributed by atoms with van der Waals surface area (Å²) >= 11 is 0. The molecule has 4 aliphatic carbocycles. The number of rotatable bonds is 3. The summed E-state index contributed by atoms with van der Waals surface area (Å²) in [6.07, 6.45) is 8.62. The molecule has 0 aromatic rings. The lowest BCUT2D eigenvalue weighted by Gasteiger charge is -2.57. The van der Waals surface area contributed by atoms with Gasteiger partial charge in [-0.25, -0.2) is 4.99 Å². The molecule has 0 saturated heterocycles. The first-order valence-electron chi connectivity index (χ1n) is 11.9. The summed E-state index contributed by atoms with van der Waals surface area (Å²) in [4.78, 5) is 29.8. The van der Waals surface area contributed by atoms with E-state index in [0.29, 0.717) is 23.7 Å². The number of allylic oxidation sites excluding steroid dienone is 2. The molecule has 5 aliphatic rings. The fourth-order valence-electron chi connectivity index (χ4n) is 8.16. The highest BCUT2D eigenvalue weighted by molar-refractivity contribution is 5.97. The number of ether oxygens (including phenoxy) is 2. The summed E-state index contributed by atoms with van der Waals surface area (Å²) in [5.74, 6) is 1.27. The maximum Gasteiger partial charge on any atom is 0.303 e. The fourth-order valence-corrected chi connectivity index (χ4v) is 8.16. The van der Waals surface area contributed by atoms with Crippen molar-refractivity contribution >= 4 is 17.7 Å². The third kappa shape index (κ3) is 2.76. The number of aliphatic hydroxyl groups excluding tert-OH is 1. The van der Waals surface area contributed by atoms with Crippen molar-refractivity contribution in [3.63, 3.8) is 0 Å². The van der Waals surface area contributed by atoms with Gasteiger partial charge in [-0.1, -0.05) is 25.5 Å². The molecule has 0 spiro atoms. The highest BCUT2D eigenvalue weighted by Gasteiger charge is 2.72. The van der Waals surface area contributed by atoms with Gasteiger partial charge >= 0.3 is 5.97 Å². The maximum absolute atomic E-state index is 13.5. The normalized spacial score (nSPS) is 47.7. The second kappa shape index (κ2) is 6.90. The van der Waals surface area contributed by atoms with Gasteiger partial charge in [-0.05, 0) is 68.1 Å². The van der Waals surface area contributed by atoms with Crippen LogP contribution in [0.2, 0.25) is 0 Å². The van der Waals surface area contributed by atoms with Gasteiger partial charge in [0.15, 0.2) is 18.0 Å². The summed E-state index contributed by atoms with van der Waals surface area (Å²) in [6, 6.07) is 0. The largest absolute Gasteiger partial charge is 0.475 e. The van der Waals surface area contributed by atoms with E-state index in [9.17, 15) is 14.7 Å². The fraction of sp³-hybridized carbons (Fsp3) is 0.800. The van der Waals surface area contributed by atoms with E-state index in [0.717, 1.165) is 44.9 Å². The summed E-state index contributed by atoms with van der Waals surface area (Å²) in [7, 11) is 0. The van der Waals surface area contributed by atoms with Gasteiger partial charge in [0, 0.05) is 19.3 Å². The molecular weight excluding hydrogens is 394 g/mol. The number of fused-ring (bicyclic) bond motifs is 7. The Kier molecular flexibility index (Phi) is 4.71. The first-order chi connectivity index (χ1) is 14.6. The first kappa shape index (κ1) is 21.2. The van der Waals surface area contributed by atoms with Crippen LogP contribution in [0.25, 0.3) is 0 Å². The van der Waals surface area contributed by atoms with Crippen molar-refractivity contribution in [2.75, 3.05) is 6.61 Å². The summed E-state index contributed by atoms with van der Waals surface area (Å²) in [5, 5.41) is 10.2. The number of Topliss-reactive ketones (excluding diaryl/α,β-unsaturated/α-hetero) is 1. The van der Waals surface area contributed by atoms with Crippen LogP contribution in [-0.4, -0.2) is 47.1 Å². The molecular formula is C25H35NO5. The number of hydrogen-bond acceptors (Lipinski definition) is 6. The molecule has 1 N–H and O–H groups in total. The SMILES string of the molecule is CC(=O)OCC(=O)[C@@]12N=C(C)O[C@@H]1C[C@H]1[C@@H]3CC[C@H]4C[C@@H](O)CC[C@]4(C)C3=CC[C@@]12C. The third-order valence-corrected chi connectivity index (χ3v) is 9.67. The van der Waals surface area contributed by atoms with E-state index in [1.54, 1.807) is 5.57 Å². The van der Waals surface area contributed by atoms with Gasteiger partial charge in [-0.2, -0.15) is 0 Å². The molecule has 31 heavy (non-hydrogen) atoms. The van der Waals surface area contributed by atoms with Gasteiger partial charge in [0.1, 0.15) is 6.10 Å². The van der Waals surface area contributed by atoms with Crippen molar-refractivity contribution in [3.8, 4) is 0 Å². The van der Waals surface area contributed by atoms with Gasteiger partial charge < -0.3 is 14.6 Å². The number of hydrogen-bond donors (Lipinski definition) is 1. The highest BCUT2D eigenvalue weighted by atomic mass is 16.5. The minimum Gasteiger partial charge on any atom is -0.475 e. The predicted molar refractivity (Wildman–Crippen MR) is 115 cm³/mol. The van der Waals surface area contributed by atoms with Crippen molar-refractivity contribution in [3.05, 3.63) is 11.6 Å². The smallest absolute Gasteiger partial charge is 0.303 e. The summed E-state index contributed by atoms with van der Waals surface area (Å²) in [6.45, 7) is 7.52. The minimum atomic E-state index is -0.972. The number of esters is 1. The van der Waals surface area contributed by atoms with Crippen molar-refractivity contribution in [2.45, 2.75) is 90.4 Å². The lowest BCUT2D eigenvalue weighted by atomic mass is 9.48. The molecule has 5 rings (SSSR count). The predicted octanol–water partition coefficient (Wildman–Crippen LogP) is 3.61. The molecule has 0 unspecified atom stereocenters. The second-order valence-electron chi connectivity index (χ2n) is 11.1. The van der Waals surface area contributed by atoms with E-state index in [1.165, 1.54) is 6.92 Å². The van der Waals surface area contributed by atoms with Crippen LogP contribution in [0.5, 0.6) is 0 Å². The molecule has 1 heterocycles. The Balaban J connectivity index is 1.53. The molecule has 0 radical (unpaired) electrons. The Labute approximate surface area is 184 Å². The van der Waals surface area contributed by atoms with E-state index >= 15 is 0 Å². The Bertz CT molecular complexity index is 879. The summed E-state index contributed by atoms with van der Waals surface area (Å²) < 4.78 is 11.3. The average Bonchev–Trinajstić information content (AvgIpc) is 3.17. The van der Waals surface area contributed by atoms with E-state index in [1.807, 2.05) is 6.92 Å². The van der Waals surface area contributed by atoms with E-state index in [4.69, 9.17) is 14.5 Å². The van der Waals surface area contributed by atoms with Crippen LogP contribution < -0.4 is 0 Å². The molecule has 0 bridgehead atoms. The number of carbonyl (C=O) groups excluding carboxylic acids is 2. The molecule has 170 valence electrons. The third-order valence-electron chi connectivity index (χ3n) is 9.67. The second-order valence-corrected chi connectivity index (χ2v) is 11.1. The maximum atomic E-state index is 13.5. The average molecular weight is 430 g/mol. The van der Waals surface area contributed by atoms with Crippen molar-refractivity contribution in [1.82, 2.24) is 0 Å². The van der Waals surface area contributed by atoms with Gasteiger partial charge in [-0.3, -0.25) is 9.59 Å². The zero-order valence-corrected chi connectivity index (χ0v) is 19.1. The van der Waals surface area contributed by atoms with Crippen LogP contribution in [0.4, 0.5) is 0 Å². The lowest BCUT2D eigenvalue weighted by Crippen LogP contribution is -2.57. The molecule has 0 aromatic heterocycles. The standard InChI is InChI=1S/C25H35NO5/c1-14-26-25(21(29)13-30-15(2)27)22(31-14)12-20-18-6-5-16-11-17(28)7-9-23(16,3)19(18)8-10-24(20,25)4/h8,16-18,20,22,28H,5-7,9-13H2,1-4H3/t16-,17-,18+,20-,22+,23-,24-,25+/m0/s1. The Morgan fingerprint density at radius 2 is 2.03 bits per heavy atom. The van der Waals surface area contributed by atoms with Crippen LogP contribution >= 0.6 is 0 Å². The number of aliphatic hydroxyl groups is 1. The molecule has 8 atom stereocenters. The van der Waals surface area contributed by atoms with E-state index in [2.05, 4.69) is 19.9 Å². The van der Waals surface area contributed by atoms with Crippen molar-refractivity contribution in [2.24, 2.45) is 33.6 Å². The minimum absolute atomic E-state index is 0.132. The highest BCUT2D eigenvalue weighted by Crippen LogP contribution is 2.68. The molecule has 0 amide bonds. The van der Waals surface area contributed by atoms with Gasteiger partial charge in [0.25, 0.3) is 0 Å². The number of ketones is 1. The topological polar surface area (TPSA) is 85.2 Å². The zero-order chi connectivity index (χ0) is 22.2. The van der Waals surface area contributed by atoms with Crippen LogP contribution in [0.1, 0.15) is 72.6 Å². The van der Waals surface area contributed by atoms with E-state index in [-0.39, 0.29) is 35.4 Å². The van der Waals surface area contributed by atoms with E-state index < -0.39 is 11.5 Å². The molecule has 6 nitrogen and oxygen atoms in total. The zero-order valence-electron chi connectivity index (χ0n) is 19.1. The van der Waals surface area contributed by atoms with Gasteiger partial charge in [-0.15, -0.1) is 0 Å². The van der Waals surface area contributed by atoms with Crippen LogP contribution in [0, 0.1) is 28.6 Å². The number of aliphatic imine (C=N–C) groups is 1. The monoisotopic (exact) mass is 429 g/mol. The Hall–Kier alpha value is -1.69. The molecule has 1 aliphatic heterocycles. The van der Waals surface area contributed by atoms with Crippen LogP contribution in [0.3, 0.4) is 0 Å². The Morgan fingerprint density at radius 3 is 2.77 bits per heavy atom. The van der Waals surface area contributed by atoms with Crippen molar-refractivity contribution < 1.29 is 24.2 Å². The van der Waals surface area contributed by atoms with Gasteiger partial charge in [0.2, 0.25) is 5.78 Å². The molecule has 3 fully saturated rings. The van der Waals surface area contributed by atoms with Crippen LogP contribution in [-0.2, 0) is 19.1 Å². The molecule has 0 aromatic carbocycles. The Morgan fingerprint density at radius 1 is 1.26 bits per heavy atom. The lowest BCUT2D eigenvalue weighted by molar-refractivity contribution is -0.150. The molecule has 6 heteroatoms. The van der Waals surface area contributed by atoms with Crippen molar-refractivity contribution in [1.29, 1.82) is 0 Å². The first-order valence-corrected chi connectivity index (χ1v) is 11.9. The van der Waals surface area contributed by atoms with Gasteiger partial charge in [0.05, 0.1) is 6.10 Å².